The van der Waals surface area contributed by atoms with Gasteiger partial charge in [-0.3, -0.25) is 19.2 Å². The second-order valence-corrected chi connectivity index (χ2v) is 13.9. The van der Waals surface area contributed by atoms with E-state index >= 15 is 4.79 Å². The van der Waals surface area contributed by atoms with Crippen LogP contribution in [0.5, 0.6) is 0 Å². The van der Waals surface area contributed by atoms with Gasteiger partial charge in [0.25, 0.3) is 0 Å². The van der Waals surface area contributed by atoms with Gasteiger partial charge in [0, 0.05) is 23.5 Å². The first-order valence-electron chi connectivity index (χ1n) is 16.7. The molecule has 4 aliphatic heterocycles. The van der Waals surface area contributed by atoms with Gasteiger partial charge in [0.15, 0.2) is 0 Å². The van der Waals surface area contributed by atoms with Crippen LogP contribution in [0.1, 0.15) is 62.7 Å². The zero-order valence-corrected chi connectivity index (χ0v) is 28.8. The SMILES string of the molecule is CCCC(C)N1C/C=C\CCC(=O)OC[C@H](c2ccccc2)NC(=O)[C@H]2[C@@H]3O[C@@]4(C=C3Br)[C@@H]2C(=O)N([C@H](CO)c2ccccc2)[C@@H]4C1=O. The van der Waals surface area contributed by atoms with E-state index in [-0.39, 0.29) is 31.5 Å². The van der Waals surface area contributed by atoms with Crippen LogP contribution in [0.25, 0.3) is 0 Å². The summed E-state index contributed by atoms with van der Waals surface area (Å²) < 4.78 is 12.9. The normalized spacial score (nSPS) is 31.2. The third-order valence-corrected chi connectivity index (χ3v) is 10.7. The molecular formula is C37H42BrN3O7. The summed E-state index contributed by atoms with van der Waals surface area (Å²) in [7, 11) is 0. The van der Waals surface area contributed by atoms with Crippen LogP contribution in [-0.4, -0.2) is 82.1 Å². The number of allylic oxidation sites excluding steroid dienone is 1. The number of cyclic esters (lactones) is 1. The van der Waals surface area contributed by atoms with E-state index < -0.39 is 66.1 Å². The van der Waals surface area contributed by atoms with Crippen LogP contribution in [0.4, 0.5) is 0 Å². The summed E-state index contributed by atoms with van der Waals surface area (Å²) in [4.78, 5) is 60.2. The number of carbonyl (C=O) groups is 4. The van der Waals surface area contributed by atoms with Crippen LogP contribution in [0.3, 0.4) is 0 Å². The first kappa shape index (κ1) is 34.1. The zero-order valence-electron chi connectivity index (χ0n) is 27.2. The van der Waals surface area contributed by atoms with Gasteiger partial charge in [0.05, 0.1) is 30.5 Å². The molecule has 2 fully saturated rings. The van der Waals surface area contributed by atoms with Crippen LogP contribution in [0, 0.1) is 11.8 Å². The maximum absolute atomic E-state index is 15.0. The molecule has 1 spiro atoms. The fourth-order valence-corrected chi connectivity index (χ4v) is 8.48. The van der Waals surface area contributed by atoms with E-state index in [0.717, 1.165) is 18.4 Å². The number of aliphatic hydroxyl groups is 1. The van der Waals surface area contributed by atoms with E-state index in [4.69, 9.17) is 9.47 Å². The molecule has 11 heteroatoms. The average molecular weight is 721 g/mol. The van der Waals surface area contributed by atoms with Crippen molar-refractivity contribution in [3.8, 4) is 0 Å². The predicted octanol–water partition coefficient (Wildman–Crippen LogP) is 4.36. The molecular weight excluding hydrogens is 678 g/mol. The Morgan fingerprint density at radius 3 is 2.42 bits per heavy atom. The second kappa shape index (κ2) is 14.4. The summed E-state index contributed by atoms with van der Waals surface area (Å²) in [5.74, 6) is -3.64. The molecule has 2 N–H and O–H groups in total. The Balaban J connectivity index is 1.49. The number of fused-ring (bicyclic) bond motifs is 2. The van der Waals surface area contributed by atoms with Gasteiger partial charge < -0.3 is 29.7 Å². The van der Waals surface area contributed by atoms with Crippen LogP contribution in [-0.2, 0) is 28.7 Å². The zero-order chi connectivity index (χ0) is 34.0. The molecule has 4 heterocycles. The van der Waals surface area contributed by atoms with Crippen LogP contribution in [0.2, 0.25) is 0 Å². The third-order valence-electron chi connectivity index (χ3n) is 10.0. The summed E-state index contributed by atoms with van der Waals surface area (Å²) in [5.41, 5.74) is -0.0529. The van der Waals surface area contributed by atoms with Gasteiger partial charge in [-0.05, 0) is 37.0 Å². The smallest absolute Gasteiger partial charge is 0.306 e. The molecule has 8 atom stereocenters. The number of hydrogen-bond donors (Lipinski definition) is 2. The van der Waals surface area contributed by atoms with E-state index in [0.29, 0.717) is 16.5 Å². The number of halogens is 1. The molecule has 6 rings (SSSR count). The second-order valence-electron chi connectivity index (χ2n) is 13.0. The molecule has 1 unspecified atom stereocenters. The number of benzene rings is 2. The highest BCUT2D eigenvalue weighted by molar-refractivity contribution is 9.11. The number of hydrogen-bond acceptors (Lipinski definition) is 7. The van der Waals surface area contributed by atoms with Crippen molar-refractivity contribution in [1.29, 1.82) is 0 Å². The summed E-state index contributed by atoms with van der Waals surface area (Å²) in [5, 5.41) is 13.9. The Labute approximate surface area is 289 Å². The summed E-state index contributed by atoms with van der Waals surface area (Å²) in [6.45, 7) is 3.75. The number of esters is 1. The standard InChI is InChI=1S/C37H42BrN3O7/c1-3-13-23(2)40-19-12-6-11-18-29(43)47-22-27(24-14-7-4-8-15-24)39-34(44)30-31-35(45)41(28(21-42)25-16-9-5-10-17-25)33(36(40)46)37(31)20-26(38)32(30)48-37/h4-10,12,14-17,20,23,27-28,30-33,42H,3,11,13,18-19,21-22H2,1-2H3,(H,39,44)/b12-6-/t23?,27-,28-,30-,31+,32-,33-,37+/m1/s1. The molecule has 48 heavy (non-hydrogen) atoms. The van der Waals surface area contributed by atoms with Gasteiger partial charge in [0.1, 0.15) is 24.4 Å². The molecule has 2 aromatic rings. The molecule has 2 saturated heterocycles. The first-order chi connectivity index (χ1) is 23.2. The van der Waals surface area contributed by atoms with Gasteiger partial charge in [-0.1, -0.05) is 102 Å². The molecule has 4 aliphatic rings. The number of likely N-dealkylation sites (tertiary alicyclic amines) is 1. The van der Waals surface area contributed by atoms with Crippen molar-refractivity contribution in [3.05, 3.63) is 94.5 Å². The van der Waals surface area contributed by atoms with Crippen LogP contribution < -0.4 is 5.32 Å². The van der Waals surface area contributed by atoms with Crippen molar-refractivity contribution in [2.45, 2.75) is 75.4 Å². The predicted molar refractivity (Wildman–Crippen MR) is 181 cm³/mol. The first-order valence-corrected chi connectivity index (χ1v) is 17.5. The molecule has 0 aliphatic carbocycles. The highest BCUT2D eigenvalue weighted by Crippen LogP contribution is 2.60. The van der Waals surface area contributed by atoms with Crippen molar-refractivity contribution in [2.75, 3.05) is 19.8 Å². The summed E-state index contributed by atoms with van der Waals surface area (Å²) in [6, 6.07) is 15.5. The lowest BCUT2D eigenvalue weighted by molar-refractivity contribution is -0.152. The van der Waals surface area contributed by atoms with E-state index in [2.05, 4.69) is 21.2 Å². The number of carbonyl (C=O) groups excluding carboxylic acids is 4. The third kappa shape index (κ3) is 6.12. The Hall–Kier alpha value is -3.80. The minimum absolute atomic E-state index is 0.0898. The van der Waals surface area contributed by atoms with Crippen molar-refractivity contribution < 1.29 is 33.8 Å². The number of ether oxygens (including phenoxy) is 2. The fraction of sp³-hybridized carbons (Fsp3) is 0.459. The number of aliphatic hydroxyl groups excluding tert-OH is 1. The van der Waals surface area contributed by atoms with Crippen molar-refractivity contribution in [3.63, 3.8) is 0 Å². The van der Waals surface area contributed by atoms with Crippen LogP contribution in [0.15, 0.2) is 83.4 Å². The van der Waals surface area contributed by atoms with Crippen molar-refractivity contribution >= 4 is 39.6 Å². The molecule has 254 valence electrons. The van der Waals surface area contributed by atoms with Gasteiger partial charge in [0.2, 0.25) is 17.7 Å². The quantitative estimate of drug-likeness (QED) is 0.322. The molecule has 5 bridgehead atoms. The van der Waals surface area contributed by atoms with E-state index in [1.807, 2.05) is 86.7 Å². The van der Waals surface area contributed by atoms with Gasteiger partial charge in [-0.15, -0.1) is 0 Å². The number of nitrogens with one attached hydrogen (secondary N) is 1. The Morgan fingerprint density at radius 2 is 1.73 bits per heavy atom. The molecule has 0 radical (unpaired) electrons. The Kier molecular flexibility index (Phi) is 10.2. The largest absolute Gasteiger partial charge is 0.463 e. The maximum atomic E-state index is 15.0. The van der Waals surface area contributed by atoms with Crippen molar-refractivity contribution in [2.24, 2.45) is 11.8 Å². The maximum Gasteiger partial charge on any atom is 0.306 e. The summed E-state index contributed by atoms with van der Waals surface area (Å²) in [6.07, 6.45) is 6.82. The molecule has 10 nitrogen and oxygen atoms in total. The highest BCUT2D eigenvalue weighted by atomic mass is 79.9. The number of nitrogens with zero attached hydrogens (tertiary/aromatic N) is 2. The molecule has 2 aromatic carbocycles. The lowest BCUT2D eigenvalue weighted by Gasteiger charge is -2.40. The fourth-order valence-electron chi connectivity index (χ4n) is 7.75. The molecule has 0 saturated carbocycles. The van der Waals surface area contributed by atoms with Crippen molar-refractivity contribution in [1.82, 2.24) is 15.1 Å². The molecule has 0 aromatic heterocycles. The van der Waals surface area contributed by atoms with Gasteiger partial charge in [-0.25, -0.2) is 0 Å². The lowest BCUT2D eigenvalue weighted by atomic mass is 9.74. The van der Waals surface area contributed by atoms with E-state index in [9.17, 15) is 19.5 Å². The topological polar surface area (TPSA) is 125 Å². The highest BCUT2D eigenvalue weighted by Gasteiger charge is 2.75. The number of amides is 3. The minimum atomic E-state index is -1.46. The average Bonchev–Trinajstić information content (AvgIpc) is 3.68. The Bertz CT molecular complexity index is 1580. The Morgan fingerprint density at radius 1 is 1.02 bits per heavy atom. The van der Waals surface area contributed by atoms with E-state index in [1.165, 1.54) is 4.90 Å². The van der Waals surface area contributed by atoms with Gasteiger partial charge >= 0.3 is 5.97 Å². The molecule has 3 amide bonds. The van der Waals surface area contributed by atoms with Gasteiger partial charge in [-0.2, -0.15) is 0 Å². The minimum Gasteiger partial charge on any atom is -0.463 e. The number of rotatable bonds is 7. The lowest BCUT2D eigenvalue weighted by Crippen LogP contribution is -2.58. The van der Waals surface area contributed by atoms with Crippen LogP contribution >= 0.6 is 15.9 Å². The van der Waals surface area contributed by atoms with E-state index in [1.54, 1.807) is 11.0 Å². The summed E-state index contributed by atoms with van der Waals surface area (Å²) >= 11 is 3.62. The monoisotopic (exact) mass is 719 g/mol.